The molecule has 0 bridgehead atoms. The maximum absolute atomic E-state index is 11.8. The Balaban J connectivity index is 2.37. The van der Waals surface area contributed by atoms with Crippen molar-refractivity contribution in [1.82, 2.24) is 4.90 Å². The maximum atomic E-state index is 11.8. The molecule has 2 rings (SSSR count). The number of likely N-dealkylation sites (tertiary alicyclic amines) is 1. The summed E-state index contributed by atoms with van der Waals surface area (Å²) in [5.41, 5.74) is 1.05. The Labute approximate surface area is 96.6 Å². The summed E-state index contributed by atoms with van der Waals surface area (Å²) in [7, 11) is 0. The fourth-order valence-corrected chi connectivity index (χ4v) is 2.52. The highest BCUT2D eigenvalue weighted by molar-refractivity contribution is 5.88. The molecular formula is C14H17NO. The Morgan fingerprint density at radius 1 is 1.44 bits per heavy atom. The summed E-state index contributed by atoms with van der Waals surface area (Å²) in [5.74, 6) is 0.0313. The highest BCUT2D eigenvalue weighted by Crippen LogP contribution is 2.38. The van der Waals surface area contributed by atoms with Crippen LogP contribution in [-0.2, 0) is 10.3 Å². The van der Waals surface area contributed by atoms with Crippen molar-refractivity contribution < 1.29 is 4.79 Å². The van der Waals surface area contributed by atoms with E-state index in [0.717, 1.165) is 19.4 Å². The van der Waals surface area contributed by atoms with Crippen LogP contribution in [0.1, 0.15) is 25.3 Å². The molecule has 1 aromatic rings. The van der Waals surface area contributed by atoms with Crippen molar-refractivity contribution in [3.63, 3.8) is 0 Å². The number of amides is 1. The van der Waals surface area contributed by atoms with E-state index in [-0.39, 0.29) is 11.4 Å². The lowest BCUT2D eigenvalue weighted by atomic mass is 9.89. The topological polar surface area (TPSA) is 20.3 Å². The van der Waals surface area contributed by atoms with Crippen LogP contribution in [0.3, 0.4) is 0 Å². The second-order valence-electron chi connectivity index (χ2n) is 4.44. The summed E-state index contributed by atoms with van der Waals surface area (Å²) in [6.45, 7) is 6.54. The molecule has 0 aromatic heterocycles. The lowest BCUT2D eigenvalue weighted by molar-refractivity contribution is -0.129. The summed E-state index contributed by atoms with van der Waals surface area (Å²) in [6.07, 6.45) is 3.49. The monoisotopic (exact) mass is 215 g/mol. The SMILES string of the molecule is C=CC(=O)N1CCCC1(C)c1ccccc1. The molecule has 1 atom stereocenters. The van der Waals surface area contributed by atoms with Gasteiger partial charge in [-0.15, -0.1) is 0 Å². The lowest BCUT2D eigenvalue weighted by Crippen LogP contribution is -2.41. The number of benzene rings is 1. The molecule has 1 aliphatic rings. The summed E-state index contributed by atoms with van der Waals surface area (Å²) < 4.78 is 0. The molecule has 0 spiro atoms. The van der Waals surface area contributed by atoms with Crippen molar-refractivity contribution in [3.8, 4) is 0 Å². The number of carbonyl (C=O) groups is 1. The molecule has 16 heavy (non-hydrogen) atoms. The van der Waals surface area contributed by atoms with Crippen LogP contribution in [0.15, 0.2) is 43.0 Å². The predicted octanol–water partition coefficient (Wildman–Crippen LogP) is 2.71. The van der Waals surface area contributed by atoms with Crippen molar-refractivity contribution in [2.24, 2.45) is 0 Å². The minimum absolute atomic E-state index is 0.0313. The van der Waals surface area contributed by atoms with E-state index >= 15 is 0 Å². The largest absolute Gasteiger partial charge is 0.330 e. The first-order valence-corrected chi connectivity index (χ1v) is 5.68. The summed E-state index contributed by atoms with van der Waals surface area (Å²) >= 11 is 0. The first-order chi connectivity index (χ1) is 7.68. The maximum Gasteiger partial charge on any atom is 0.246 e. The molecule has 0 saturated carbocycles. The van der Waals surface area contributed by atoms with Gasteiger partial charge in [0, 0.05) is 6.54 Å². The van der Waals surface area contributed by atoms with Gasteiger partial charge in [0.05, 0.1) is 5.54 Å². The first kappa shape index (κ1) is 10.9. The van der Waals surface area contributed by atoms with Gasteiger partial charge in [-0.2, -0.15) is 0 Å². The smallest absolute Gasteiger partial charge is 0.246 e. The number of rotatable bonds is 2. The molecule has 1 unspecified atom stereocenters. The zero-order valence-electron chi connectivity index (χ0n) is 9.65. The van der Waals surface area contributed by atoms with Crippen molar-refractivity contribution in [1.29, 1.82) is 0 Å². The lowest BCUT2D eigenvalue weighted by Gasteiger charge is -2.35. The highest BCUT2D eigenvalue weighted by atomic mass is 16.2. The van der Waals surface area contributed by atoms with Crippen molar-refractivity contribution in [2.45, 2.75) is 25.3 Å². The first-order valence-electron chi connectivity index (χ1n) is 5.68. The Hall–Kier alpha value is -1.57. The quantitative estimate of drug-likeness (QED) is 0.695. The Bertz CT molecular complexity index is 398. The fraction of sp³-hybridized carbons (Fsp3) is 0.357. The molecule has 2 heteroatoms. The van der Waals surface area contributed by atoms with Gasteiger partial charge in [0.25, 0.3) is 0 Å². The second-order valence-corrected chi connectivity index (χ2v) is 4.44. The van der Waals surface area contributed by atoms with Crippen molar-refractivity contribution >= 4 is 5.91 Å². The van der Waals surface area contributed by atoms with Gasteiger partial charge in [-0.1, -0.05) is 36.9 Å². The van der Waals surface area contributed by atoms with Crippen LogP contribution >= 0.6 is 0 Å². The molecule has 1 heterocycles. The third-order valence-corrected chi connectivity index (χ3v) is 3.48. The van der Waals surface area contributed by atoms with Gasteiger partial charge < -0.3 is 4.90 Å². The van der Waals surface area contributed by atoms with Crippen LogP contribution in [0.5, 0.6) is 0 Å². The van der Waals surface area contributed by atoms with Gasteiger partial charge >= 0.3 is 0 Å². The van der Waals surface area contributed by atoms with Gasteiger partial charge in [-0.25, -0.2) is 0 Å². The molecule has 1 fully saturated rings. The van der Waals surface area contributed by atoms with Gasteiger partial charge in [0.1, 0.15) is 0 Å². The van der Waals surface area contributed by atoms with Crippen LogP contribution in [0.25, 0.3) is 0 Å². The molecule has 1 saturated heterocycles. The van der Waals surface area contributed by atoms with E-state index in [0.29, 0.717) is 0 Å². The van der Waals surface area contributed by atoms with E-state index in [2.05, 4.69) is 25.6 Å². The van der Waals surface area contributed by atoms with E-state index in [9.17, 15) is 4.79 Å². The minimum atomic E-state index is -0.160. The van der Waals surface area contributed by atoms with Crippen LogP contribution in [-0.4, -0.2) is 17.4 Å². The average molecular weight is 215 g/mol. The third-order valence-electron chi connectivity index (χ3n) is 3.48. The second kappa shape index (κ2) is 4.12. The minimum Gasteiger partial charge on any atom is -0.330 e. The predicted molar refractivity (Wildman–Crippen MR) is 64.9 cm³/mol. The highest BCUT2D eigenvalue weighted by Gasteiger charge is 2.39. The number of hydrogen-bond acceptors (Lipinski definition) is 1. The standard InChI is InChI=1S/C14H17NO/c1-3-13(16)15-11-7-10-14(15,2)12-8-5-4-6-9-12/h3-6,8-9H,1,7,10-11H2,2H3. The van der Waals surface area contributed by atoms with Gasteiger partial charge in [-0.3, -0.25) is 4.79 Å². The van der Waals surface area contributed by atoms with Crippen LogP contribution < -0.4 is 0 Å². The fourth-order valence-electron chi connectivity index (χ4n) is 2.52. The van der Waals surface area contributed by atoms with Gasteiger partial charge in [0.15, 0.2) is 0 Å². The Morgan fingerprint density at radius 3 is 2.75 bits per heavy atom. The molecule has 1 amide bonds. The molecule has 1 aromatic carbocycles. The van der Waals surface area contributed by atoms with Crippen LogP contribution in [0, 0.1) is 0 Å². The molecule has 84 valence electrons. The molecule has 1 aliphatic heterocycles. The number of carbonyl (C=O) groups excluding carboxylic acids is 1. The summed E-state index contributed by atoms with van der Waals surface area (Å²) in [5, 5.41) is 0. The molecule has 0 aliphatic carbocycles. The zero-order chi connectivity index (χ0) is 11.6. The van der Waals surface area contributed by atoms with E-state index in [1.807, 2.05) is 23.1 Å². The molecule has 2 nitrogen and oxygen atoms in total. The van der Waals surface area contributed by atoms with E-state index in [1.165, 1.54) is 11.6 Å². The normalized spacial score (nSPS) is 24.4. The zero-order valence-corrected chi connectivity index (χ0v) is 9.65. The Morgan fingerprint density at radius 2 is 2.12 bits per heavy atom. The van der Waals surface area contributed by atoms with E-state index < -0.39 is 0 Å². The van der Waals surface area contributed by atoms with Gasteiger partial charge in [0.2, 0.25) is 5.91 Å². The number of hydrogen-bond donors (Lipinski definition) is 0. The molecule has 0 N–H and O–H groups in total. The van der Waals surface area contributed by atoms with Crippen LogP contribution in [0.2, 0.25) is 0 Å². The average Bonchev–Trinajstić information content (AvgIpc) is 2.73. The van der Waals surface area contributed by atoms with Crippen molar-refractivity contribution in [2.75, 3.05) is 6.54 Å². The molecule has 0 radical (unpaired) electrons. The van der Waals surface area contributed by atoms with Gasteiger partial charge in [-0.05, 0) is 31.4 Å². The summed E-state index contributed by atoms with van der Waals surface area (Å²) in [4.78, 5) is 13.7. The van der Waals surface area contributed by atoms with Crippen molar-refractivity contribution in [3.05, 3.63) is 48.6 Å². The van der Waals surface area contributed by atoms with Crippen LogP contribution in [0.4, 0.5) is 0 Å². The molecular weight excluding hydrogens is 198 g/mol. The Kier molecular flexibility index (Phi) is 2.82. The number of nitrogens with zero attached hydrogens (tertiary/aromatic N) is 1. The van der Waals surface area contributed by atoms with E-state index in [1.54, 1.807) is 0 Å². The summed E-state index contributed by atoms with van der Waals surface area (Å²) in [6, 6.07) is 10.2. The third kappa shape index (κ3) is 1.64. The van der Waals surface area contributed by atoms with E-state index in [4.69, 9.17) is 0 Å².